The van der Waals surface area contributed by atoms with Gasteiger partial charge in [-0.2, -0.15) is 0 Å². The molecule has 21 heavy (non-hydrogen) atoms. The van der Waals surface area contributed by atoms with Gasteiger partial charge in [-0.25, -0.2) is 4.79 Å². The van der Waals surface area contributed by atoms with Gasteiger partial charge in [-0.15, -0.1) is 0 Å². The maximum Gasteiger partial charge on any atom is 0.333 e. The van der Waals surface area contributed by atoms with Gasteiger partial charge in [-0.05, 0) is 30.3 Å². The number of nitrogens with one attached hydrogen (secondary N) is 1. The van der Waals surface area contributed by atoms with Crippen molar-refractivity contribution in [2.45, 2.75) is 0 Å². The van der Waals surface area contributed by atoms with Crippen LogP contribution in [0.4, 0.5) is 0 Å². The van der Waals surface area contributed by atoms with Crippen LogP contribution >= 0.6 is 11.6 Å². The molecule has 0 saturated carbocycles. The van der Waals surface area contributed by atoms with Crippen LogP contribution in [0.25, 0.3) is 16.6 Å². The Morgan fingerprint density at radius 1 is 1.14 bits per heavy atom. The van der Waals surface area contributed by atoms with Gasteiger partial charge in [0, 0.05) is 5.02 Å². The largest absolute Gasteiger partial charge is 0.495 e. The Kier molecular flexibility index (Phi) is 3.27. The zero-order chi connectivity index (χ0) is 15.0. The fraction of sp³-hybridized carbons (Fsp3) is 0.0667. The number of halogens is 1. The van der Waals surface area contributed by atoms with E-state index >= 15 is 0 Å². The molecule has 0 spiro atoms. The molecule has 1 heterocycles. The van der Waals surface area contributed by atoms with Crippen LogP contribution in [0.2, 0.25) is 5.02 Å². The summed E-state index contributed by atoms with van der Waals surface area (Å²) >= 11 is 6.00. The molecule has 0 bridgehead atoms. The summed E-state index contributed by atoms with van der Waals surface area (Å²) in [4.78, 5) is 26.5. The molecule has 0 radical (unpaired) electrons. The van der Waals surface area contributed by atoms with Gasteiger partial charge >= 0.3 is 5.69 Å². The minimum Gasteiger partial charge on any atom is -0.495 e. The second-order valence-corrected chi connectivity index (χ2v) is 4.86. The van der Waals surface area contributed by atoms with Crippen molar-refractivity contribution >= 4 is 22.5 Å². The average Bonchev–Trinajstić information content (AvgIpc) is 2.47. The molecule has 0 aliphatic rings. The van der Waals surface area contributed by atoms with Crippen LogP contribution in [0.3, 0.4) is 0 Å². The molecule has 3 rings (SSSR count). The van der Waals surface area contributed by atoms with Crippen molar-refractivity contribution in [2.75, 3.05) is 7.11 Å². The number of methoxy groups -OCH3 is 1. The standard InChI is InChI=1S/C15H11ClN2O3/c1-21-13-5-3-2-4-11(13)18-12-8-9(16)6-7-10(12)14(19)17-15(18)20/h2-8H,1H3,(H,17,19,20). The van der Waals surface area contributed by atoms with Crippen molar-refractivity contribution < 1.29 is 4.74 Å². The number of rotatable bonds is 2. The number of H-pyrrole nitrogens is 1. The van der Waals surface area contributed by atoms with Gasteiger partial charge in [-0.3, -0.25) is 14.3 Å². The second kappa shape index (κ2) is 5.10. The van der Waals surface area contributed by atoms with Crippen molar-refractivity contribution in [3.8, 4) is 11.4 Å². The average molecular weight is 303 g/mol. The molecule has 3 aromatic rings. The van der Waals surface area contributed by atoms with Crippen LogP contribution in [0.5, 0.6) is 5.75 Å². The van der Waals surface area contributed by atoms with Crippen LogP contribution in [0.15, 0.2) is 52.1 Å². The summed E-state index contributed by atoms with van der Waals surface area (Å²) < 4.78 is 6.66. The minimum atomic E-state index is -0.542. The van der Waals surface area contributed by atoms with E-state index in [-0.39, 0.29) is 0 Å². The van der Waals surface area contributed by atoms with Crippen molar-refractivity contribution in [2.24, 2.45) is 0 Å². The highest BCUT2D eigenvalue weighted by atomic mass is 35.5. The molecule has 5 nitrogen and oxygen atoms in total. The fourth-order valence-electron chi connectivity index (χ4n) is 2.27. The highest BCUT2D eigenvalue weighted by molar-refractivity contribution is 6.31. The number of hydrogen-bond acceptors (Lipinski definition) is 3. The van der Waals surface area contributed by atoms with E-state index in [9.17, 15) is 9.59 Å². The maximum atomic E-state index is 12.2. The quantitative estimate of drug-likeness (QED) is 0.790. The molecule has 0 fully saturated rings. The molecule has 1 N–H and O–H groups in total. The number of fused-ring (bicyclic) bond motifs is 1. The van der Waals surface area contributed by atoms with E-state index in [0.717, 1.165) is 0 Å². The predicted octanol–water partition coefficient (Wildman–Crippen LogP) is 2.34. The Balaban J connectivity index is 2.50. The summed E-state index contributed by atoms with van der Waals surface area (Å²) in [5.41, 5.74) is -0.0219. The smallest absolute Gasteiger partial charge is 0.333 e. The van der Waals surface area contributed by atoms with E-state index in [1.165, 1.54) is 11.7 Å². The first-order valence-electron chi connectivity index (χ1n) is 6.20. The highest BCUT2D eigenvalue weighted by Crippen LogP contribution is 2.24. The maximum absolute atomic E-state index is 12.2. The van der Waals surface area contributed by atoms with Crippen LogP contribution < -0.4 is 16.0 Å². The van der Waals surface area contributed by atoms with Gasteiger partial charge in [0.25, 0.3) is 5.56 Å². The van der Waals surface area contributed by atoms with E-state index in [0.29, 0.717) is 27.4 Å². The summed E-state index contributed by atoms with van der Waals surface area (Å²) in [6.07, 6.45) is 0. The lowest BCUT2D eigenvalue weighted by molar-refractivity contribution is 0.412. The first-order valence-corrected chi connectivity index (χ1v) is 6.57. The highest BCUT2D eigenvalue weighted by Gasteiger charge is 2.12. The van der Waals surface area contributed by atoms with E-state index in [1.807, 2.05) is 0 Å². The lowest BCUT2D eigenvalue weighted by Gasteiger charge is -2.13. The van der Waals surface area contributed by atoms with Crippen molar-refractivity contribution in [1.82, 2.24) is 9.55 Å². The molecule has 6 heteroatoms. The van der Waals surface area contributed by atoms with Gasteiger partial charge in [0.05, 0.1) is 23.7 Å². The molecule has 0 aliphatic heterocycles. The van der Waals surface area contributed by atoms with Crippen LogP contribution in [0, 0.1) is 0 Å². The Morgan fingerprint density at radius 2 is 1.90 bits per heavy atom. The molecule has 0 atom stereocenters. The molecule has 0 unspecified atom stereocenters. The number of nitrogens with zero attached hydrogens (tertiary/aromatic N) is 1. The van der Waals surface area contributed by atoms with Gasteiger partial charge in [-0.1, -0.05) is 23.7 Å². The predicted molar refractivity (Wildman–Crippen MR) is 81.7 cm³/mol. The van der Waals surface area contributed by atoms with Gasteiger partial charge in [0.1, 0.15) is 5.75 Å². The van der Waals surface area contributed by atoms with Crippen molar-refractivity contribution in [3.63, 3.8) is 0 Å². The Morgan fingerprint density at radius 3 is 2.67 bits per heavy atom. The summed E-state index contributed by atoms with van der Waals surface area (Å²) in [6.45, 7) is 0. The number of benzene rings is 2. The molecule has 0 amide bonds. The Hall–Kier alpha value is -2.53. The molecular weight excluding hydrogens is 292 g/mol. The zero-order valence-electron chi connectivity index (χ0n) is 11.1. The molecular formula is C15H11ClN2O3. The van der Waals surface area contributed by atoms with Crippen LogP contribution in [0.1, 0.15) is 0 Å². The summed E-state index contributed by atoms with van der Waals surface area (Å²) in [6, 6.07) is 11.8. The summed E-state index contributed by atoms with van der Waals surface area (Å²) in [7, 11) is 1.52. The lowest BCUT2D eigenvalue weighted by Crippen LogP contribution is -2.29. The van der Waals surface area contributed by atoms with Gasteiger partial charge in [0.15, 0.2) is 0 Å². The normalized spacial score (nSPS) is 10.8. The second-order valence-electron chi connectivity index (χ2n) is 4.43. The molecule has 106 valence electrons. The first kappa shape index (κ1) is 13.5. The third kappa shape index (κ3) is 2.21. The number of hydrogen-bond donors (Lipinski definition) is 1. The Labute approximate surface area is 124 Å². The van der Waals surface area contributed by atoms with E-state index in [2.05, 4.69) is 4.98 Å². The number of aromatic nitrogens is 2. The minimum absolute atomic E-state index is 0.380. The SMILES string of the molecule is COc1ccccc1-n1c(=O)[nH]c(=O)c2ccc(Cl)cc21. The van der Waals surface area contributed by atoms with E-state index in [1.54, 1.807) is 42.5 Å². The molecule has 1 aromatic heterocycles. The fourth-order valence-corrected chi connectivity index (χ4v) is 2.43. The number of ether oxygens (including phenoxy) is 1. The summed E-state index contributed by atoms with van der Waals surface area (Å²) in [5, 5.41) is 0.820. The monoisotopic (exact) mass is 302 g/mol. The molecule has 0 aliphatic carbocycles. The van der Waals surface area contributed by atoms with Gasteiger partial charge < -0.3 is 4.74 Å². The molecule has 2 aromatic carbocycles. The van der Waals surface area contributed by atoms with Crippen LogP contribution in [-0.2, 0) is 0 Å². The number of para-hydroxylation sites is 2. The Bertz CT molecular complexity index is 944. The molecule has 0 saturated heterocycles. The summed E-state index contributed by atoms with van der Waals surface area (Å²) in [5.74, 6) is 0.521. The van der Waals surface area contributed by atoms with Crippen molar-refractivity contribution in [3.05, 3.63) is 68.3 Å². The first-order chi connectivity index (χ1) is 10.1. The zero-order valence-corrected chi connectivity index (χ0v) is 11.8. The van der Waals surface area contributed by atoms with Crippen molar-refractivity contribution in [1.29, 1.82) is 0 Å². The van der Waals surface area contributed by atoms with Gasteiger partial charge in [0.2, 0.25) is 0 Å². The topological polar surface area (TPSA) is 64.1 Å². The van der Waals surface area contributed by atoms with E-state index < -0.39 is 11.2 Å². The number of aromatic amines is 1. The third-order valence-electron chi connectivity index (χ3n) is 3.19. The van der Waals surface area contributed by atoms with E-state index in [4.69, 9.17) is 16.3 Å². The van der Waals surface area contributed by atoms with Crippen LogP contribution in [-0.4, -0.2) is 16.7 Å². The lowest BCUT2D eigenvalue weighted by atomic mass is 10.2. The third-order valence-corrected chi connectivity index (χ3v) is 3.43.